The molecule has 0 atom stereocenters. The Morgan fingerprint density at radius 1 is 1.30 bits per heavy atom. The van der Waals surface area contributed by atoms with Gasteiger partial charge in [0.2, 0.25) is 5.91 Å². The smallest absolute Gasteiger partial charge is 0.221 e. The van der Waals surface area contributed by atoms with Crippen molar-refractivity contribution in [2.24, 2.45) is 5.73 Å². The number of rotatable bonds is 5. The number of nitrogens with one attached hydrogen (secondary N) is 1. The molecule has 0 spiro atoms. The van der Waals surface area contributed by atoms with Crippen LogP contribution in [0.3, 0.4) is 0 Å². The molecule has 20 heavy (non-hydrogen) atoms. The molecule has 3 nitrogen and oxygen atoms in total. The third-order valence-electron chi connectivity index (χ3n) is 4.24. The molecule has 4 heteroatoms. The van der Waals surface area contributed by atoms with Crippen LogP contribution in [0.4, 0.5) is 4.39 Å². The van der Waals surface area contributed by atoms with E-state index in [0.717, 1.165) is 31.2 Å². The monoisotopic (exact) mass is 278 g/mol. The number of carbonyl (C=O) groups is 1. The third kappa shape index (κ3) is 3.57. The zero-order chi connectivity index (χ0) is 14.4. The van der Waals surface area contributed by atoms with Crippen LogP contribution in [-0.2, 0) is 10.2 Å². The lowest BCUT2D eigenvalue weighted by Crippen LogP contribution is -2.42. The number of halogens is 1. The number of hydrogen-bond acceptors (Lipinski definition) is 2. The Kier molecular flexibility index (Phi) is 5.12. The number of amides is 1. The Hall–Kier alpha value is -1.42. The van der Waals surface area contributed by atoms with Crippen LogP contribution in [0.25, 0.3) is 0 Å². The second kappa shape index (κ2) is 6.84. The number of carbonyl (C=O) groups excluding carboxylic acids is 1. The lowest BCUT2D eigenvalue weighted by atomic mass is 9.69. The summed E-state index contributed by atoms with van der Waals surface area (Å²) in [6, 6.07) is 6.81. The third-order valence-corrected chi connectivity index (χ3v) is 4.24. The highest BCUT2D eigenvalue weighted by molar-refractivity contribution is 5.76. The van der Waals surface area contributed by atoms with Crippen LogP contribution in [0.2, 0.25) is 0 Å². The van der Waals surface area contributed by atoms with E-state index in [9.17, 15) is 9.18 Å². The SMILES string of the molecule is NCCC(=O)NCC1(c2cccc(F)c2)CCCCC1. The van der Waals surface area contributed by atoms with Crippen molar-refractivity contribution in [3.8, 4) is 0 Å². The highest BCUT2D eigenvalue weighted by Crippen LogP contribution is 2.39. The maximum Gasteiger partial charge on any atom is 0.221 e. The van der Waals surface area contributed by atoms with Gasteiger partial charge >= 0.3 is 0 Å². The van der Waals surface area contributed by atoms with Gasteiger partial charge in [-0.15, -0.1) is 0 Å². The second-order valence-electron chi connectivity index (χ2n) is 5.67. The normalized spacial score (nSPS) is 17.7. The fourth-order valence-corrected chi connectivity index (χ4v) is 3.10. The van der Waals surface area contributed by atoms with Crippen molar-refractivity contribution in [1.82, 2.24) is 5.32 Å². The average Bonchev–Trinajstić information content (AvgIpc) is 2.46. The molecule has 0 saturated heterocycles. The zero-order valence-corrected chi connectivity index (χ0v) is 11.8. The Labute approximate surface area is 119 Å². The Morgan fingerprint density at radius 3 is 2.70 bits per heavy atom. The van der Waals surface area contributed by atoms with E-state index in [4.69, 9.17) is 5.73 Å². The summed E-state index contributed by atoms with van der Waals surface area (Å²) in [5, 5.41) is 2.97. The minimum Gasteiger partial charge on any atom is -0.355 e. The standard InChI is InChI=1S/C16H23FN2O/c17-14-6-4-5-13(11-14)16(8-2-1-3-9-16)12-19-15(20)7-10-18/h4-6,11H,1-3,7-10,12,18H2,(H,19,20). The van der Waals surface area contributed by atoms with Gasteiger partial charge < -0.3 is 11.1 Å². The molecule has 1 amide bonds. The molecule has 0 aliphatic heterocycles. The lowest BCUT2D eigenvalue weighted by Gasteiger charge is -2.38. The van der Waals surface area contributed by atoms with Crippen LogP contribution in [0.5, 0.6) is 0 Å². The van der Waals surface area contributed by atoms with Crippen molar-refractivity contribution in [1.29, 1.82) is 0 Å². The maximum absolute atomic E-state index is 13.5. The Balaban J connectivity index is 2.15. The van der Waals surface area contributed by atoms with Crippen LogP contribution in [0.1, 0.15) is 44.1 Å². The minimum absolute atomic E-state index is 0.0196. The van der Waals surface area contributed by atoms with E-state index in [0.29, 0.717) is 19.5 Å². The molecule has 2 rings (SSSR count). The molecule has 1 aromatic rings. The molecule has 1 aliphatic carbocycles. The Morgan fingerprint density at radius 2 is 2.05 bits per heavy atom. The van der Waals surface area contributed by atoms with Gasteiger partial charge in [0.05, 0.1) is 0 Å². The molecule has 1 saturated carbocycles. The van der Waals surface area contributed by atoms with Gasteiger partial charge in [-0.25, -0.2) is 4.39 Å². The molecule has 110 valence electrons. The molecular formula is C16H23FN2O. The van der Waals surface area contributed by atoms with Crippen LogP contribution < -0.4 is 11.1 Å². The summed E-state index contributed by atoms with van der Waals surface area (Å²) in [5.41, 5.74) is 6.28. The molecule has 1 aromatic carbocycles. The number of benzene rings is 1. The summed E-state index contributed by atoms with van der Waals surface area (Å²) in [5.74, 6) is -0.227. The molecule has 0 radical (unpaired) electrons. The lowest BCUT2D eigenvalue weighted by molar-refractivity contribution is -0.121. The first-order valence-corrected chi connectivity index (χ1v) is 7.39. The summed E-state index contributed by atoms with van der Waals surface area (Å²) < 4.78 is 13.5. The average molecular weight is 278 g/mol. The van der Waals surface area contributed by atoms with Gasteiger partial charge in [-0.1, -0.05) is 31.4 Å². The summed E-state index contributed by atoms with van der Waals surface area (Å²) in [6.07, 6.45) is 5.82. The topological polar surface area (TPSA) is 55.1 Å². The van der Waals surface area contributed by atoms with Crippen LogP contribution >= 0.6 is 0 Å². The van der Waals surface area contributed by atoms with Gasteiger partial charge in [0.1, 0.15) is 5.82 Å². The first kappa shape index (κ1) is 15.0. The van der Waals surface area contributed by atoms with Crippen molar-refractivity contribution in [3.05, 3.63) is 35.6 Å². The quantitative estimate of drug-likeness (QED) is 0.869. The predicted octanol–water partition coefficient (Wildman–Crippen LogP) is 2.49. The van der Waals surface area contributed by atoms with Crippen molar-refractivity contribution < 1.29 is 9.18 Å². The fourth-order valence-electron chi connectivity index (χ4n) is 3.10. The molecule has 0 heterocycles. The number of hydrogen-bond donors (Lipinski definition) is 2. The van der Waals surface area contributed by atoms with Gasteiger partial charge in [-0.2, -0.15) is 0 Å². The molecule has 0 aromatic heterocycles. The molecular weight excluding hydrogens is 255 g/mol. The van der Waals surface area contributed by atoms with Crippen LogP contribution in [0, 0.1) is 5.82 Å². The van der Waals surface area contributed by atoms with Gasteiger partial charge in [0.25, 0.3) is 0 Å². The molecule has 0 bridgehead atoms. The molecule has 0 unspecified atom stereocenters. The van der Waals surface area contributed by atoms with Crippen molar-refractivity contribution in [2.45, 2.75) is 43.9 Å². The summed E-state index contributed by atoms with van der Waals surface area (Å²) in [6.45, 7) is 0.939. The van der Waals surface area contributed by atoms with Crippen LogP contribution in [-0.4, -0.2) is 19.0 Å². The molecule has 1 fully saturated rings. The number of nitrogens with two attached hydrogens (primary N) is 1. The van der Waals surface area contributed by atoms with Crippen molar-refractivity contribution in [3.63, 3.8) is 0 Å². The van der Waals surface area contributed by atoms with E-state index in [1.165, 1.54) is 12.5 Å². The van der Waals surface area contributed by atoms with E-state index < -0.39 is 0 Å². The first-order chi connectivity index (χ1) is 9.66. The highest BCUT2D eigenvalue weighted by Gasteiger charge is 2.34. The van der Waals surface area contributed by atoms with Crippen LogP contribution in [0.15, 0.2) is 24.3 Å². The highest BCUT2D eigenvalue weighted by atomic mass is 19.1. The molecule has 3 N–H and O–H groups in total. The van der Waals surface area contributed by atoms with Gasteiger partial charge in [0, 0.05) is 24.9 Å². The summed E-state index contributed by atoms with van der Waals surface area (Å²) in [4.78, 5) is 11.7. The second-order valence-corrected chi connectivity index (χ2v) is 5.67. The zero-order valence-electron chi connectivity index (χ0n) is 11.8. The van der Waals surface area contributed by atoms with Crippen molar-refractivity contribution >= 4 is 5.91 Å². The van der Waals surface area contributed by atoms with E-state index in [-0.39, 0.29) is 17.1 Å². The fraction of sp³-hybridized carbons (Fsp3) is 0.562. The Bertz CT molecular complexity index is 456. The van der Waals surface area contributed by atoms with E-state index >= 15 is 0 Å². The summed E-state index contributed by atoms with van der Waals surface area (Å²) >= 11 is 0. The van der Waals surface area contributed by atoms with E-state index in [1.807, 2.05) is 6.07 Å². The maximum atomic E-state index is 13.5. The van der Waals surface area contributed by atoms with Gasteiger partial charge in [-0.05, 0) is 30.5 Å². The summed E-state index contributed by atoms with van der Waals surface area (Å²) in [7, 11) is 0. The first-order valence-electron chi connectivity index (χ1n) is 7.39. The van der Waals surface area contributed by atoms with Gasteiger partial charge in [0.15, 0.2) is 0 Å². The predicted molar refractivity (Wildman–Crippen MR) is 77.8 cm³/mol. The van der Waals surface area contributed by atoms with E-state index in [2.05, 4.69) is 5.32 Å². The largest absolute Gasteiger partial charge is 0.355 e. The minimum atomic E-state index is -0.208. The van der Waals surface area contributed by atoms with Crippen molar-refractivity contribution in [2.75, 3.05) is 13.1 Å². The van der Waals surface area contributed by atoms with E-state index in [1.54, 1.807) is 12.1 Å². The molecule has 1 aliphatic rings. The van der Waals surface area contributed by atoms with Gasteiger partial charge in [-0.3, -0.25) is 4.79 Å².